The van der Waals surface area contributed by atoms with Crippen molar-refractivity contribution in [3.8, 4) is 11.3 Å². The summed E-state index contributed by atoms with van der Waals surface area (Å²) in [5.74, 6) is -1.05. The van der Waals surface area contributed by atoms with Crippen LogP contribution in [0, 0.1) is 6.92 Å². The average Bonchev–Trinajstić information content (AvgIpc) is 2.82. The van der Waals surface area contributed by atoms with Gasteiger partial charge in [0, 0.05) is 0 Å². The normalized spacial score (nSPS) is 10.6. The smallest absolute Gasteiger partial charge is 0.354 e. The van der Waals surface area contributed by atoms with Crippen molar-refractivity contribution in [1.29, 1.82) is 0 Å². The summed E-state index contributed by atoms with van der Waals surface area (Å²) in [6.45, 7) is 1.73. The number of nitrogens with zero attached hydrogens (tertiary/aromatic N) is 2. The molecule has 2 rings (SSSR count). The number of aryl methyl sites for hydroxylation is 1. The molecule has 16 heavy (non-hydrogen) atoms. The lowest BCUT2D eigenvalue weighted by molar-refractivity contribution is 0.0691. The number of hydrogen-bond donors (Lipinski definition) is 2. The van der Waals surface area contributed by atoms with Crippen molar-refractivity contribution in [1.82, 2.24) is 15.1 Å². The van der Waals surface area contributed by atoms with E-state index in [2.05, 4.69) is 15.1 Å². The number of aromatic nitrogens is 3. The van der Waals surface area contributed by atoms with Gasteiger partial charge in [-0.05, 0) is 13.2 Å². The standard InChI is InChI=1S/C9H9N3O3S/c1-4-5(3-15-12-4)6-7(8(13)14)11-9(10-6)16-2/h3H,1-2H3,(H,10,11)(H,13,14). The molecule has 7 heteroatoms. The van der Waals surface area contributed by atoms with Crippen molar-refractivity contribution < 1.29 is 14.4 Å². The Morgan fingerprint density at radius 2 is 2.38 bits per heavy atom. The molecule has 2 N–H and O–H groups in total. The molecule has 0 aromatic carbocycles. The molecule has 2 heterocycles. The van der Waals surface area contributed by atoms with Gasteiger partial charge in [0.05, 0.1) is 11.3 Å². The van der Waals surface area contributed by atoms with Crippen molar-refractivity contribution >= 4 is 17.7 Å². The first-order valence-electron chi connectivity index (χ1n) is 4.42. The lowest BCUT2D eigenvalue weighted by Gasteiger charge is -1.93. The highest BCUT2D eigenvalue weighted by molar-refractivity contribution is 7.98. The molecule has 0 aliphatic carbocycles. The maximum absolute atomic E-state index is 11.0. The number of carboxylic acids is 1. The number of H-pyrrole nitrogens is 1. The molecule has 0 atom stereocenters. The third-order valence-corrected chi connectivity index (χ3v) is 2.67. The van der Waals surface area contributed by atoms with E-state index in [0.717, 1.165) is 0 Å². The van der Waals surface area contributed by atoms with E-state index in [1.165, 1.54) is 18.0 Å². The molecule has 0 amide bonds. The molecule has 0 aliphatic heterocycles. The maximum Gasteiger partial charge on any atom is 0.354 e. The highest BCUT2D eigenvalue weighted by atomic mass is 32.2. The second kappa shape index (κ2) is 4.01. The number of imidazole rings is 1. The fraction of sp³-hybridized carbons (Fsp3) is 0.222. The van der Waals surface area contributed by atoms with E-state index in [-0.39, 0.29) is 5.69 Å². The summed E-state index contributed by atoms with van der Waals surface area (Å²) in [7, 11) is 0. The molecule has 0 saturated heterocycles. The van der Waals surface area contributed by atoms with Gasteiger partial charge < -0.3 is 14.6 Å². The van der Waals surface area contributed by atoms with E-state index < -0.39 is 5.97 Å². The van der Waals surface area contributed by atoms with Crippen LogP contribution >= 0.6 is 11.8 Å². The second-order valence-corrected chi connectivity index (χ2v) is 3.88. The van der Waals surface area contributed by atoms with Crippen molar-refractivity contribution in [2.45, 2.75) is 12.1 Å². The van der Waals surface area contributed by atoms with E-state index >= 15 is 0 Å². The first-order valence-corrected chi connectivity index (χ1v) is 5.64. The van der Waals surface area contributed by atoms with Crippen molar-refractivity contribution in [3.05, 3.63) is 17.7 Å². The summed E-state index contributed by atoms with van der Waals surface area (Å²) in [6.07, 6.45) is 3.21. The van der Waals surface area contributed by atoms with Gasteiger partial charge in [0.2, 0.25) is 0 Å². The third kappa shape index (κ3) is 1.69. The predicted molar refractivity (Wildman–Crippen MR) is 57.6 cm³/mol. The minimum absolute atomic E-state index is 0.0515. The number of nitrogens with one attached hydrogen (secondary N) is 1. The zero-order chi connectivity index (χ0) is 11.7. The molecule has 0 aliphatic rings. The number of rotatable bonds is 3. The molecule has 6 nitrogen and oxygen atoms in total. The van der Waals surface area contributed by atoms with Crippen molar-refractivity contribution in [2.24, 2.45) is 0 Å². The molecular weight excluding hydrogens is 230 g/mol. The summed E-state index contributed by atoms with van der Waals surface area (Å²) in [5, 5.41) is 13.3. The molecule has 0 spiro atoms. The van der Waals surface area contributed by atoms with Crippen LogP contribution in [-0.2, 0) is 0 Å². The fourth-order valence-corrected chi connectivity index (χ4v) is 1.70. The van der Waals surface area contributed by atoms with Crippen molar-refractivity contribution in [2.75, 3.05) is 6.26 Å². The minimum atomic E-state index is -1.05. The maximum atomic E-state index is 11.0. The molecular formula is C9H9N3O3S. The molecule has 2 aromatic rings. The van der Waals surface area contributed by atoms with Gasteiger partial charge in [0.15, 0.2) is 10.9 Å². The number of carboxylic acid groups (broad SMARTS) is 1. The van der Waals surface area contributed by atoms with Gasteiger partial charge in [-0.3, -0.25) is 0 Å². The van der Waals surface area contributed by atoms with Crippen molar-refractivity contribution in [3.63, 3.8) is 0 Å². The van der Waals surface area contributed by atoms with Crippen LogP contribution in [0.3, 0.4) is 0 Å². The Bertz CT molecular complexity index is 532. The first-order chi connectivity index (χ1) is 7.63. The molecule has 2 aromatic heterocycles. The molecule has 0 fully saturated rings. The number of aromatic carboxylic acids is 1. The third-order valence-electron chi connectivity index (χ3n) is 2.09. The van der Waals surface area contributed by atoms with Crippen LogP contribution in [0.5, 0.6) is 0 Å². The number of aromatic amines is 1. The van der Waals surface area contributed by atoms with Gasteiger partial charge >= 0.3 is 5.97 Å². The Morgan fingerprint density at radius 1 is 1.62 bits per heavy atom. The van der Waals surface area contributed by atoms with Gasteiger partial charge in [-0.15, -0.1) is 0 Å². The van der Waals surface area contributed by atoms with Gasteiger partial charge in [0.25, 0.3) is 0 Å². The van der Waals surface area contributed by atoms with Crippen LogP contribution in [0.15, 0.2) is 15.9 Å². The topological polar surface area (TPSA) is 92.0 Å². The number of thioether (sulfide) groups is 1. The lowest BCUT2D eigenvalue weighted by Crippen LogP contribution is -1.99. The van der Waals surface area contributed by atoms with Crippen LogP contribution in [0.4, 0.5) is 0 Å². The Morgan fingerprint density at radius 3 is 2.88 bits per heavy atom. The highest BCUT2D eigenvalue weighted by Gasteiger charge is 2.20. The van der Waals surface area contributed by atoms with E-state index in [4.69, 9.17) is 9.63 Å². The number of carbonyl (C=O) groups is 1. The molecule has 0 bridgehead atoms. The highest BCUT2D eigenvalue weighted by Crippen LogP contribution is 2.26. The van der Waals surface area contributed by atoms with E-state index in [1.54, 1.807) is 6.92 Å². The lowest BCUT2D eigenvalue weighted by atomic mass is 10.1. The van der Waals surface area contributed by atoms with E-state index in [1.807, 2.05) is 6.26 Å². The Hall–Kier alpha value is -1.76. The summed E-state index contributed by atoms with van der Waals surface area (Å²) < 4.78 is 4.77. The first kappa shape index (κ1) is 10.7. The van der Waals surface area contributed by atoms with E-state index in [9.17, 15) is 4.79 Å². The predicted octanol–water partition coefficient (Wildman–Crippen LogP) is 1.79. The molecule has 0 unspecified atom stereocenters. The van der Waals surface area contributed by atoms with Gasteiger partial charge in [0.1, 0.15) is 12.0 Å². The van der Waals surface area contributed by atoms with Crippen LogP contribution in [-0.4, -0.2) is 32.5 Å². The van der Waals surface area contributed by atoms with Gasteiger partial charge in [-0.25, -0.2) is 9.78 Å². The van der Waals surface area contributed by atoms with Crippen LogP contribution in [0.1, 0.15) is 16.2 Å². The minimum Gasteiger partial charge on any atom is -0.477 e. The summed E-state index contributed by atoms with van der Waals surface area (Å²) >= 11 is 1.34. The Kier molecular flexibility index (Phi) is 2.69. The zero-order valence-electron chi connectivity index (χ0n) is 8.64. The summed E-state index contributed by atoms with van der Waals surface area (Å²) in [6, 6.07) is 0. The fourth-order valence-electron chi connectivity index (χ4n) is 1.32. The van der Waals surface area contributed by atoms with E-state index in [0.29, 0.717) is 22.1 Å². The van der Waals surface area contributed by atoms with Gasteiger partial charge in [-0.2, -0.15) is 0 Å². The quantitative estimate of drug-likeness (QED) is 0.793. The van der Waals surface area contributed by atoms with Crippen LogP contribution in [0.2, 0.25) is 0 Å². The van der Waals surface area contributed by atoms with Gasteiger partial charge in [-0.1, -0.05) is 16.9 Å². The number of hydrogen-bond acceptors (Lipinski definition) is 5. The largest absolute Gasteiger partial charge is 0.477 e. The average molecular weight is 239 g/mol. The van der Waals surface area contributed by atoms with Crippen LogP contribution in [0.25, 0.3) is 11.3 Å². The second-order valence-electron chi connectivity index (χ2n) is 3.09. The monoisotopic (exact) mass is 239 g/mol. The Labute approximate surface area is 95.1 Å². The molecule has 84 valence electrons. The summed E-state index contributed by atoms with van der Waals surface area (Å²) in [4.78, 5) is 17.9. The van der Waals surface area contributed by atoms with Crippen LogP contribution < -0.4 is 0 Å². The molecule has 0 radical (unpaired) electrons. The SMILES string of the molecule is CSc1nc(-c2conc2C)c(C(=O)O)[nH]1. The Balaban J connectivity index is 2.59. The molecule has 0 saturated carbocycles. The zero-order valence-corrected chi connectivity index (χ0v) is 9.46. The summed E-state index contributed by atoms with van der Waals surface area (Å²) in [5.41, 5.74) is 1.61.